The molecule has 0 saturated heterocycles. The van der Waals surface area contributed by atoms with Crippen LogP contribution in [0.3, 0.4) is 0 Å². The van der Waals surface area contributed by atoms with Gasteiger partial charge in [0.25, 0.3) is 5.91 Å². The third kappa shape index (κ3) is 5.50. The SMILES string of the molecule is CC(C)[C@](C)(C#N)NC(=O)COC(=O)c1ccc(OC(F)F)cc1. The fraction of sp³-hybridized carbons (Fsp3) is 0.438. The molecule has 0 aliphatic heterocycles. The van der Waals surface area contributed by atoms with Gasteiger partial charge in [0.2, 0.25) is 0 Å². The Balaban J connectivity index is 2.57. The van der Waals surface area contributed by atoms with Crippen LogP contribution in [0.1, 0.15) is 31.1 Å². The first-order valence-electron chi connectivity index (χ1n) is 7.12. The van der Waals surface area contributed by atoms with Gasteiger partial charge in [-0.25, -0.2) is 4.79 Å². The highest BCUT2D eigenvalue weighted by Gasteiger charge is 2.30. The van der Waals surface area contributed by atoms with Crippen molar-refractivity contribution in [1.82, 2.24) is 5.32 Å². The number of nitrogens with one attached hydrogen (secondary N) is 1. The molecule has 1 aromatic rings. The van der Waals surface area contributed by atoms with Gasteiger partial charge in [0.1, 0.15) is 11.3 Å². The summed E-state index contributed by atoms with van der Waals surface area (Å²) in [5.41, 5.74) is -0.992. The molecule has 0 radical (unpaired) electrons. The Labute approximate surface area is 138 Å². The smallest absolute Gasteiger partial charge is 0.387 e. The van der Waals surface area contributed by atoms with E-state index in [-0.39, 0.29) is 17.2 Å². The summed E-state index contributed by atoms with van der Waals surface area (Å²) in [6.45, 7) is 1.61. The Bertz CT molecular complexity index is 626. The number of carbonyl (C=O) groups is 2. The molecular formula is C16H18F2N2O4. The predicted molar refractivity (Wildman–Crippen MR) is 80.4 cm³/mol. The molecule has 0 aliphatic rings. The summed E-state index contributed by atoms with van der Waals surface area (Å²) < 4.78 is 33.0. The zero-order valence-electron chi connectivity index (χ0n) is 13.5. The molecule has 6 nitrogen and oxygen atoms in total. The monoisotopic (exact) mass is 340 g/mol. The first-order valence-corrected chi connectivity index (χ1v) is 7.12. The lowest BCUT2D eigenvalue weighted by molar-refractivity contribution is -0.125. The highest BCUT2D eigenvalue weighted by molar-refractivity contribution is 5.91. The topological polar surface area (TPSA) is 88.4 Å². The Kier molecular flexibility index (Phi) is 6.65. The van der Waals surface area contributed by atoms with E-state index in [1.54, 1.807) is 20.8 Å². The van der Waals surface area contributed by atoms with E-state index in [4.69, 9.17) is 10.00 Å². The number of rotatable bonds is 7. The highest BCUT2D eigenvalue weighted by atomic mass is 19.3. The van der Waals surface area contributed by atoms with Crippen LogP contribution in [0.4, 0.5) is 8.78 Å². The lowest BCUT2D eigenvalue weighted by atomic mass is 9.90. The van der Waals surface area contributed by atoms with Crippen LogP contribution in [-0.2, 0) is 9.53 Å². The first kappa shape index (κ1) is 19.4. The predicted octanol–water partition coefficient (Wildman–Crippen LogP) is 2.50. The molecule has 24 heavy (non-hydrogen) atoms. The second-order valence-electron chi connectivity index (χ2n) is 5.50. The van der Waals surface area contributed by atoms with E-state index >= 15 is 0 Å². The molecule has 0 bridgehead atoms. The summed E-state index contributed by atoms with van der Waals surface area (Å²) in [7, 11) is 0. The maximum absolute atomic E-state index is 12.0. The summed E-state index contributed by atoms with van der Waals surface area (Å²) in [4.78, 5) is 23.6. The third-order valence-corrected chi connectivity index (χ3v) is 3.44. The van der Waals surface area contributed by atoms with Crippen LogP contribution >= 0.6 is 0 Å². The Morgan fingerprint density at radius 1 is 1.29 bits per heavy atom. The van der Waals surface area contributed by atoms with Crippen molar-refractivity contribution in [3.8, 4) is 11.8 Å². The van der Waals surface area contributed by atoms with Crippen molar-refractivity contribution in [2.45, 2.75) is 32.9 Å². The van der Waals surface area contributed by atoms with E-state index in [9.17, 15) is 18.4 Å². The number of alkyl halides is 2. The van der Waals surface area contributed by atoms with Gasteiger partial charge in [-0.1, -0.05) is 13.8 Å². The standard InChI is InChI=1S/C16H18F2N2O4/c1-10(2)16(3,9-19)20-13(21)8-23-14(22)11-4-6-12(7-5-11)24-15(17)18/h4-7,10,15H,8H2,1-3H3,(H,20,21)/t16-/m0/s1. The summed E-state index contributed by atoms with van der Waals surface area (Å²) in [5.74, 6) is -1.64. The molecule has 8 heteroatoms. The average Bonchev–Trinajstić information content (AvgIpc) is 2.52. The van der Waals surface area contributed by atoms with Crippen LogP contribution in [0.15, 0.2) is 24.3 Å². The number of benzene rings is 1. The van der Waals surface area contributed by atoms with Gasteiger partial charge in [0.15, 0.2) is 6.61 Å². The Morgan fingerprint density at radius 3 is 2.33 bits per heavy atom. The van der Waals surface area contributed by atoms with Gasteiger partial charge in [-0.3, -0.25) is 4.79 Å². The summed E-state index contributed by atoms with van der Waals surface area (Å²) >= 11 is 0. The minimum absolute atomic E-state index is 0.0799. The number of amides is 1. The van der Waals surface area contributed by atoms with Gasteiger partial charge in [-0.15, -0.1) is 0 Å². The van der Waals surface area contributed by atoms with Gasteiger partial charge in [-0.2, -0.15) is 14.0 Å². The summed E-state index contributed by atoms with van der Waals surface area (Å²) in [6.07, 6.45) is 0. The number of nitrogens with zero attached hydrogens (tertiary/aromatic N) is 1. The van der Waals surface area contributed by atoms with Crippen molar-refractivity contribution in [2.24, 2.45) is 5.92 Å². The van der Waals surface area contributed by atoms with E-state index in [0.29, 0.717) is 0 Å². The minimum atomic E-state index is -2.96. The molecule has 0 unspecified atom stereocenters. The zero-order chi connectivity index (χ0) is 18.3. The lowest BCUT2D eigenvalue weighted by Crippen LogP contribution is -2.50. The number of halogens is 2. The number of hydrogen-bond donors (Lipinski definition) is 1. The molecule has 1 aromatic carbocycles. The lowest BCUT2D eigenvalue weighted by Gasteiger charge is -2.27. The Morgan fingerprint density at radius 2 is 1.88 bits per heavy atom. The zero-order valence-corrected chi connectivity index (χ0v) is 13.5. The number of esters is 1. The molecular weight excluding hydrogens is 322 g/mol. The Hall–Kier alpha value is -2.69. The van der Waals surface area contributed by atoms with Crippen LogP contribution in [0.5, 0.6) is 5.75 Å². The van der Waals surface area contributed by atoms with E-state index in [1.807, 2.05) is 6.07 Å². The molecule has 1 rings (SSSR count). The third-order valence-electron chi connectivity index (χ3n) is 3.44. The first-order chi connectivity index (χ1) is 11.2. The van der Waals surface area contributed by atoms with Gasteiger partial charge in [0, 0.05) is 0 Å². The fourth-order valence-corrected chi connectivity index (χ4v) is 1.61. The highest BCUT2D eigenvalue weighted by Crippen LogP contribution is 2.16. The maximum Gasteiger partial charge on any atom is 0.387 e. The van der Waals surface area contributed by atoms with Crippen molar-refractivity contribution in [2.75, 3.05) is 6.61 Å². The van der Waals surface area contributed by atoms with Crippen molar-refractivity contribution in [3.63, 3.8) is 0 Å². The van der Waals surface area contributed by atoms with Crippen molar-refractivity contribution in [1.29, 1.82) is 5.26 Å². The maximum atomic E-state index is 12.0. The van der Waals surface area contributed by atoms with Crippen molar-refractivity contribution < 1.29 is 27.8 Å². The molecule has 130 valence electrons. The second kappa shape index (κ2) is 8.24. The second-order valence-corrected chi connectivity index (χ2v) is 5.50. The number of nitriles is 1. The number of ether oxygens (including phenoxy) is 2. The van der Waals surface area contributed by atoms with Gasteiger partial charge >= 0.3 is 12.6 Å². The molecule has 0 saturated carbocycles. The van der Waals surface area contributed by atoms with Gasteiger partial charge in [-0.05, 0) is 37.1 Å². The molecule has 0 fully saturated rings. The molecule has 1 N–H and O–H groups in total. The summed E-state index contributed by atoms with van der Waals surface area (Å²) in [5, 5.41) is 11.6. The molecule has 1 amide bonds. The van der Waals surface area contributed by atoms with Gasteiger partial charge in [0.05, 0.1) is 11.6 Å². The quantitative estimate of drug-likeness (QED) is 0.771. The minimum Gasteiger partial charge on any atom is -0.452 e. The van der Waals surface area contributed by atoms with E-state index in [1.165, 1.54) is 24.3 Å². The van der Waals surface area contributed by atoms with Crippen molar-refractivity contribution in [3.05, 3.63) is 29.8 Å². The number of carbonyl (C=O) groups excluding carboxylic acids is 2. The van der Waals surface area contributed by atoms with Crippen LogP contribution in [0.25, 0.3) is 0 Å². The average molecular weight is 340 g/mol. The number of hydrogen-bond acceptors (Lipinski definition) is 5. The van der Waals surface area contributed by atoms with Crippen molar-refractivity contribution >= 4 is 11.9 Å². The molecule has 1 atom stereocenters. The normalized spacial score (nSPS) is 13.1. The summed E-state index contributed by atoms with van der Waals surface area (Å²) in [6, 6.07) is 6.86. The molecule has 0 heterocycles. The van der Waals surface area contributed by atoms with Gasteiger partial charge < -0.3 is 14.8 Å². The van der Waals surface area contributed by atoms with E-state index in [2.05, 4.69) is 10.1 Å². The largest absolute Gasteiger partial charge is 0.452 e. The molecule has 0 aromatic heterocycles. The van der Waals surface area contributed by atoms with E-state index < -0.39 is 30.6 Å². The fourth-order valence-electron chi connectivity index (χ4n) is 1.61. The van der Waals surface area contributed by atoms with Crippen LogP contribution in [0, 0.1) is 17.2 Å². The van der Waals surface area contributed by atoms with Crippen LogP contribution in [0.2, 0.25) is 0 Å². The molecule has 0 spiro atoms. The van der Waals surface area contributed by atoms with Crippen LogP contribution < -0.4 is 10.1 Å². The van der Waals surface area contributed by atoms with E-state index in [0.717, 1.165) is 0 Å². The van der Waals surface area contributed by atoms with Crippen LogP contribution in [-0.4, -0.2) is 30.6 Å². The molecule has 0 aliphatic carbocycles.